The molecule has 2 fully saturated rings. The predicted molar refractivity (Wildman–Crippen MR) is 198 cm³/mol. The van der Waals surface area contributed by atoms with Gasteiger partial charge < -0.3 is 65.1 Å². The molecule has 53 heavy (non-hydrogen) atoms. The van der Waals surface area contributed by atoms with Gasteiger partial charge in [-0.1, -0.05) is 102 Å². The van der Waals surface area contributed by atoms with Crippen LogP contribution >= 0.6 is 0 Å². The van der Waals surface area contributed by atoms with Crippen molar-refractivity contribution in [3.8, 4) is 0 Å². The van der Waals surface area contributed by atoms with Crippen molar-refractivity contribution in [1.29, 1.82) is 0 Å². The first-order chi connectivity index (χ1) is 25.6. The molecule has 12 atom stereocenters. The van der Waals surface area contributed by atoms with Crippen molar-refractivity contribution in [2.24, 2.45) is 0 Å². The van der Waals surface area contributed by atoms with Crippen LogP contribution < -0.4 is 5.32 Å². The second kappa shape index (κ2) is 28.0. The third-order valence-electron chi connectivity index (χ3n) is 9.88. The average Bonchev–Trinajstić information content (AvgIpc) is 3.15. The van der Waals surface area contributed by atoms with Gasteiger partial charge >= 0.3 is 0 Å². The molecule has 0 saturated carbocycles. The molecular formula is C39H71NO13. The maximum atomic E-state index is 12.9. The molecule has 9 N–H and O–H groups in total. The zero-order valence-corrected chi connectivity index (χ0v) is 32.0. The number of hydrogen-bond acceptors (Lipinski definition) is 13. The van der Waals surface area contributed by atoms with E-state index in [9.17, 15) is 45.6 Å². The van der Waals surface area contributed by atoms with E-state index in [0.717, 1.165) is 57.8 Å². The fourth-order valence-corrected chi connectivity index (χ4v) is 6.44. The molecular weight excluding hydrogens is 690 g/mol. The quantitative estimate of drug-likeness (QED) is 0.0413. The van der Waals surface area contributed by atoms with Crippen molar-refractivity contribution in [2.45, 2.75) is 197 Å². The number of nitrogens with one attached hydrogen (secondary N) is 1. The van der Waals surface area contributed by atoms with Crippen LogP contribution in [0.3, 0.4) is 0 Å². The lowest BCUT2D eigenvalue weighted by Gasteiger charge is -2.46. The number of hydrogen-bond donors (Lipinski definition) is 9. The largest absolute Gasteiger partial charge is 0.394 e. The molecule has 12 unspecified atom stereocenters. The lowest BCUT2D eigenvalue weighted by Crippen LogP contribution is -2.65. The van der Waals surface area contributed by atoms with Gasteiger partial charge in [0.2, 0.25) is 5.91 Å². The molecule has 0 aliphatic carbocycles. The lowest BCUT2D eigenvalue weighted by molar-refractivity contribution is -0.359. The van der Waals surface area contributed by atoms with Crippen LogP contribution in [-0.4, -0.2) is 140 Å². The van der Waals surface area contributed by atoms with Crippen LogP contribution in [0.25, 0.3) is 0 Å². The molecule has 1 amide bonds. The van der Waals surface area contributed by atoms with E-state index in [4.69, 9.17) is 18.9 Å². The standard InChI is InChI=1S/C39H71NO13/c1-3-5-7-9-10-11-12-13-14-15-16-17-18-19-21-23-31(44)40-27(28(43)22-20-8-6-4-2)26-50-38-36(49)34(47)37(30(25-42)52-38)53-39-35(48)33(46)32(45)29(24-41)51-39/h13-14,20,22,27-30,32-39,41-43,45-49H,3-12,15-19,21,23-26H2,1-2H3,(H,40,44)/b14-13-,22-20+. The average molecular weight is 762 g/mol. The number of unbranched alkanes of at least 4 members (excludes halogenated alkanes) is 13. The zero-order chi connectivity index (χ0) is 39.0. The molecule has 310 valence electrons. The summed E-state index contributed by atoms with van der Waals surface area (Å²) in [6.45, 7) is 2.56. The first-order valence-corrected chi connectivity index (χ1v) is 20.1. The van der Waals surface area contributed by atoms with Gasteiger partial charge in [-0.2, -0.15) is 0 Å². The maximum absolute atomic E-state index is 12.9. The van der Waals surface area contributed by atoms with Crippen LogP contribution in [0, 0.1) is 0 Å². The summed E-state index contributed by atoms with van der Waals surface area (Å²) in [7, 11) is 0. The molecule has 2 aliphatic rings. The molecule has 2 heterocycles. The fraction of sp³-hybridized carbons (Fsp3) is 0.872. The molecule has 0 spiro atoms. The maximum Gasteiger partial charge on any atom is 0.220 e. The van der Waals surface area contributed by atoms with E-state index in [-0.39, 0.29) is 18.9 Å². The van der Waals surface area contributed by atoms with E-state index < -0.39 is 86.8 Å². The zero-order valence-electron chi connectivity index (χ0n) is 32.0. The normalized spacial score (nSPS) is 30.6. The van der Waals surface area contributed by atoms with Gasteiger partial charge in [0.1, 0.15) is 48.8 Å². The third-order valence-corrected chi connectivity index (χ3v) is 9.88. The minimum absolute atomic E-state index is 0.261. The number of aliphatic hydroxyl groups is 8. The second-order valence-corrected chi connectivity index (χ2v) is 14.4. The highest BCUT2D eigenvalue weighted by Gasteiger charge is 2.50. The smallest absolute Gasteiger partial charge is 0.220 e. The topological polar surface area (TPSA) is 228 Å². The lowest BCUT2D eigenvalue weighted by atomic mass is 9.97. The van der Waals surface area contributed by atoms with Crippen molar-refractivity contribution in [3.63, 3.8) is 0 Å². The molecule has 14 nitrogen and oxygen atoms in total. The summed E-state index contributed by atoms with van der Waals surface area (Å²) in [5.74, 6) is -0.261. The summed E-state index contributed by atoms with van der Waals surface area (Å²) < 4.78 is 22.4. The van der Waals surface area contributed by atoms with Gasteiger partial charge in [0, 0.05) is 6.42 Å². The molecule has 14 heteroatoms. The summed E-state index contributed by atoms with van der Waals surface area (Å²) in [6, 6.07) is -0.910. The molecule has 0 bridgehead atoms. The number of carbonyl (C=O) groups is 1. The van der Waals surface area contributed by atoms with Crippen molar-refractivity contribution >= 4 is 5.91 Å². The first-order valence-electron chi connectivity index (χ1n) is 20.1. The number of amides is 1. The van der Waals surface area contributed by atoms with E-state index >= 15 is 0 Å². The number of aliphatic hydroxyl groups excluding tert-OH is 8. The van der Waals surface area contributed by atoms with E-state index in [1.807, 2.05) is 6.08 Å². The highest BCUT2D eigenvalue weighted by atomic mass is 16.7. The van der Waals surface area contributed by atoms with Gasteiger partial charge in [-0.3, -0.25) is 4.79 Å². The molecule has 2 saturated heterocycles. The Bertz CT molecular complexity index is 998. The molecule has 2 aliphatic heterocycles. The van der Waals surface area contributed by atoms with Gasteiger partial charge in [-0.15, -0.1) is 0 Å². The summed E-state index contributed by atoms with van der Waals surface area (Å²) in [5, 5.41) is 85.6. The molecule has 0 aromatic rings. The third kappa shape index (κ3) is 17.4. The van der Waals surface area contributed by atoms with Gasteiger partial charge in [-0.05, 0) is 38.5 Å². The van der Waals surface area contributed by atoms with Crippen LogP contribution in [0.2, 0.25) is 0 Å². The van der Waals surface area contributed by atoms with Gasteiger partial charge in [0.15, 0.2) is 12.6 Å². The Morgan fingerprint density at radius 1 is 0.660 bits per heavy atom. The van der Waals surface area contributed by atoms with E-state index in [0.29, 0.717) is 6.42 Å². The summed E-state index contributed by atoms with van der Waals surface area (Å²) in [6.07, 6.45) is 8.86. The van der Waals surface area contributed by atoms with Crippen LogP contribution in [0.1, 0.15) is 123 Å². The summed E-state index contributed by atoms with van der Waals surface area (Å²) in [4.78, 5) is 12.9. The van der Waals surface area contributed by atoms with Crippen LogP contribution in [-0.2, 0) is 23.7 Å². The van der Waals surface area contributed by atoms with Crippen molar-refractivity contribution in [1.82, 2.24) is 5.32 Å². The van der Waals surface area contributed by atoms with E-state index in [2.05, 4.69) is 31.3 Å². The predicted octanol–water partition coefficient (Wildman–Crippen LogP) is 2.26. The monoisotopic (exact) mass is 761 g/mol. The van der Waals surface area contributed by atoms with Gasteiger partial charge in [0.25, 0.3) is 0 Å². The Balaban J connectivity index is 1.84. The Labute approximate surface area is 316 Å². The Kier molecular flexibility index (Phi) is 25.1. The fourth-order valence-electron chi connectivity index (χ4n) is 6.44. The Hall–Kier alpha value is -1.53. The van der Waals surface area contributed by atoms with Crippen LogP contribution in [0.15, 0.2) is 24.3 Å². The molecule has 0 aromatic heterocycles. The first kappa shape index (κ1) is 47.6. The van der Waals surface area contributed by atoms with Crippen molar-refractivity contribution in [3.05, 3.63) is 24.3 Å². The SMILES string of the molecule is CCCC/C=C/C(O)C(COC1OC(CO)C(OC2OC(CO)C(O)C(O)C2O)C(O)C1O)NC(=O)CCCCCCC/C=C\CCCCCCCC. The van der Waals surface area contributed by atoms with E-state index in [1.54, 1.807) is 6.08 Å². The second-order valence-electron chi connectivity index (χ2n) is 14.4. The minimum atomic E-state index is -1.78. The van der Waals surface area contributed by atoms with Gasteiger partial charge in [0.05, 0.1) is 32.0 Å². The number of rotatable bonds is 28. The molecule has 0 radical (unpaired) electrons. The van der Waals surface area contributed by atoms with Crippen molar-refractivity contribution in [2.75, 3.05) is 19.8 Å². The summed E-state index contributed by atoms with van der Waals surface area (Å²) >= 11 is 0. The Morgan fingerprint density at radius 3 is 1.83 bits per heavy atom. The molecule has 0 aromatic carbocycles. The van der Waals surface area contributed by atoms with Crippen LogP contribution in [0.4, 0.5) is 0 Å². The van der Waals surface area contributed by atoms with E-state index in [1.165, 1.54) is 38.5 Å². The highest BCUT2D eigenvalue weighted by Crippen LogP contribution is 2.29. The van der Waals surface area contributed by atoms with Crippen molar-refractivity contribution < 1.29 is 64.6 Å². The van der Waals surface area contributed by atoms with Crippen LogP contribution in [0.5, 0.6) is 0 Å². The number of ether oxygens (including phenoxy) is 4. The Morgan fingerprint density at radius 2 is 1.21 bits per heavy atom. The minimum Gasteiger partial charge on any atom is -0.394 e. The highest BCUT2D eigenvalue weighted by molar-refractivity contribution is 5.76. The number of carbonyl (C=O) groups excluding carboxylic acids is 1. The van der Waals surface area contributed by atoms with Gasteiger partial charge in [-0.25, -0.2) is 0 Å². The molecule has 2 rings (SSSR count). The number of allylic oxidation sites excluding steroid dienone is 3. The summed E-state index contributed by atoms with van der Waals surface area (Å²) in [5.41, 5.74) is 0.